The lowest BCUT2D eigenvalue weighted by Gasteiger charge is -2.09. The topological polar surface area (TPSA) is 61.5 Å². The number of ether oxygens (including phenoxy) is 2. The monoisotopic (exact) mass is 271 g/mol. The lowest BCUT2D eigenvalue weighted by atomic mass is 10.1. The van der Waals surface area contributed by atoms with Crippen molar-refractivity contribution in [1.82, 2.24) is 0 Å². The van der Waals surface area contributed by atoms with Crippen molar-refractivity contribution < 1.29 is 14.3 Å². The number of hydrogen-bond acceptors (Lipinski definition) is 4. The number of ketones is 1. The van der Waals surface area contributed by atoms with Crippen LogP contribution in [-0.2, 0) is 0 Å². The van der Waals surface area contributed by atoms with Gasteiger partial charge in [-0.1, -0.05) is 6.07 Å². The van der Waals surface area contributed by atoms with E-state index in [0.717, 1.165) is 5.75 Å². The summed E-state index contributed by atoms with van der Waals surface area (Å²) in [6.07, 6.45) is 0. The normalized spacial score (nSPS) is 10.1. The molecule has 4 heteroatoms. The van der Waals surface area contributed by atoms with Gasteiger partial charge in [-0.15, -0.1) is 0 Å². The Bertz CT molecular complexity index is 579. The Morgan fingerprint density at radius 1 is 1.00 bits per heavy atom. The minimum atomic E-state index is 0.0431. The van der Waals surface area contributed by atoms with E-state index >= 15 is 0 Å². The minimum absolute atomic E-state index is 0.0431. The number of Topliss-reactive ketones (excluding diaryl/α,β-unsaturated/α-hetero) is 1. The molecule has 0 radical (unpaired) electrons. The molecule has 104 valence electrons. The molecule has 0 bridgehead atoms. The summed E-state index contributed by atoms with van der Waals surface area (Å²) >= 11 is 0. The fourth-order valence-corrected chi connectivity index (χ4v) is 1.71. The second kappa shape index (κ2) is 6.61. The Hall–Kier alpha value is -2.49. The van der Waals surface area contributed by atoms with Gasteiger partial charge in [-0.2, -0.15) is 0 Å². The van der Waals surface area contributed by atoms with Crippen LogP contribution < -0.4 is 15.2 Å². The highest BCUT2D eigenvalue weighted by Crippen LogP contribution is 2.15. The second-order valence-corrected chi connectivity index (χ2v) is 4.35. The molecule has 2 rings (SSSR count). The number of nitrogen functional groups attached to an aromatic ring is 1. The third-order valence-electron chi connectivity index (χ3n) is 2.74. The smallest absolute Gasteiger partial charge is 0.159 e. The molecule has 0 aliphatic heterocycles. The van der Waals surface area contributed by atoms with Crippen LogP contribution in [0.1, 0.15) is 17.3 Å². The summed E-state index contributed by atoms with van der Waals surface area (Å²) in [7, 11) is 0. The number of anilines is 1. The Morgan fingerprint density at radius 3 is 2.25 bits per heavy atom. The summed E-state index contributed by atoms with van der Waals surface area (Å²) < 4.78 is 11.0. The Balaban J connectivity index is 1.77. The van der Waals surface area contributed by atoms with Gasteiger partial charge in [0.1, 0.15) is 24.7 Å². The maximum atomic E-state index is 11.1. The fourth-order valence-electron chi connectivity index (χ4n) is 1.71. The van der Waals surface area contributed by atoms with E-state index in [1.54, 1.807) is 36.4 Å². The van der Waals surface area contributed by atoms with Gasteiger partial charge in [0.15, 0.2) is 5.78 Å². The van der Waals surface area contributed by atoms with Crippen molar-refractivity contribution >= 4 is 11.5 Å². The van der Waals surface area contributed by atoms with Crippen LogP contribution in [0.15, 0.2) is 48.5 Å². The summed E-state index contributed by atoms with van der Waals surface area (Å²) in [4.78, 5) is 11.1. The predicted octanol–water partition coefficient (Wildman–Crippen LogP) is 2.93. The summed E-state index contributed by atoms with van der Waals surface area (Å²) in [5, 5.41) is 0. The lowest BCUT2D eigenvalue weighted by Crippen LogP contribution is -2.09. The molecule has 0 unspecified atom stereocenters. The van der Waals surface area contributed by atoms with Gasteiger partial charge < -0.3 is 15.2 Å². The van der Waals surface area contributed by atoms with Crippen LogP contribution in [0, 0.1) is 0 Å². The Labute approximate surface area is 118 Å². The molecule has 20 heavy (non-hydrogen) atoms. The molecule has 0 aliphatic carbocycles. The molecule has 0 fully saturated rings. The van der Waals surface area contributed by atoms with E-state index < -0.39 is 0 Å². The average molecular weight is 271 g/mol. The maximum absolute atomic E-state index is 11.1. The molecular weight excluding hydrogens is 254 g/mol. The zero-order valence-electron chi connectivity index (χ0n) is 11.3. The standard InChI is InChI=1S/C16H17NO3/c1-12(18)13-5-7-15(8-6-13)19-9-10-20-16-4-2-3-14(17)11-16/h2-8,11H,9-10,17H2,1H3. The van der Waals surface area contributed by atoms with Crippen LogP contribution in [0.4, 0.5) is 5.69 Å². The Morgan fingerprint density at radius 2 is 1.65 bits per heavy atom. The zero-order chi connectivity index (χ0) is 14.4. The molecule has 0 saturated heterocycles. The largest absolute Gasteiger partial charge is 0.490 e. The third-order valence-corrected chi connectivity index (χ3v) is 2.74. The summed E-state index contributed by atoms with van der Waals surface area (Å²) in [6, 6.07) is 14.3. The van der Waals surface area contributed by atoms with Gasteiger partial charge in [0.05, 0.1) is 0 Å². The van der Waals surface area contributed by atoms with Gasteiger partial charge in [-0.3, -0.25) is 4.79 Å². The number of rotatable bonds is 6. The van der Waals surface area contributed by atoms with Crippen LogP contribution in [0.2, 0.25) is 0 Å². The highest BCUT2D eigenvalue weighted by atomic mass is 16.5. The quantitative estimate of drug-likeness (QED) is 0.498. The van der Waals surface area contributed by atoms with Crippen LogP contribution in [0.5, 0.6) is 11.5 Å². The van der Waals surface area contributed by atoms with Crippen LogP contribution in [0.25, 0.3) is 0 Å². The first-order valence-corrected chi connectivity index (χ1v) is 6.37. The lowest BCUT2D eigenvalue weighted by molar-refractivity contribution is 0.101. The molecule has 2 N–H and O–H groups in total. The van der Waals surface area contributed by atoms with Crippen molar-refractivity contribution in [1.29, 1.82) is 0 Å². The van der Waals surface area contributed by atoms with E-state index in [0.29, 0.717) is 30.2 Å². The molecule has 0 aromatic heterocycles. The molecule has 0 atom stereocenters. The van der Waals surface area contributed by atoms with Crippen LogP contribution in [0.3, 0.4) is 0 Å². The van der Waals surface area contributed by atoms with Gasteiger partial charge in [0, 0.05) is 17.3 Å². The first-order chi connectivity index (χ1) is 9.65. The van der Waals surface area contributed by atoms with E-state index in [1.165, 1.54) is 6.92 Å². The van der Waals surface area contributed by atoms with Crippen LogP contribution in [-0.4, -0.2) is 19.0 Å². The number of carbonyl (C=O) groups is 1. The molecule has 0 heterocycles. The van der Waals surface area contributed by atoms with Gasteiger partial charge in [-0.05, 0) is 43.3 Å². The molecule has 0 aliphatic rings. The van der Waals surface area contributed by atoms with E-state index in [1.807, 2.05) is 12.1 Å². The van der Waals surface area contributed by atoms with E-state index in [2.05, 4.69) is 0 Å². The molecule has 2 aromatic carbocycles. The predicted molar refractivity (Wildman–Crippen MR) is 78.3 cm³/mol. The fraction of sp³-hybridized carbons (Fsp3) is 0.188. The molecule has 0 saturated carbocycles. The number of benzene rings is 2. The first kappa shape index (κ1) is 13.9. The highest BCUT2D eigenvalue weighted by Gasteiger charge is 2.00. The highest BCUT2D eigenvalue weighted by molar-refractivity contribution is 5.94. The third kappa shape index (κ3) is 4.02. The SMILES string of the molecule is CC(=O)c1ccc(OCCOc2cccc(N)c2)cc1. The number of carbonyl (C=O) groups excluding carboxylic acids is 1. The van der Waals surface area contributed by atoms with Crippen molar-refractivity contribution in [2.75, 3.05) is 18.9 Å². The van der Waals surface area contributed by atoms with Gasteiger partial charge in [0.2, 0.25) is 0 Å². The van der Waals surface area contributed by atoms with Crippen molar-refractivity contribution in [3.8, 4) is 11.5 Å². The van der Waals surface area contributed by atoms with Crippen molar-refractivity contribution in [2.24, 2.45) is 0 Å². The van der Waals surface area contributed by atoms with Crippen molar-refractivity contribution in [3.05, 3.63) is 54.1 Å². The molecule has 2 aromatic rings. The molecule has 0 spiro atoms. The van der Waals surface area contributed by atoms with E-state index in [4.69, 9.17) is 15.2 Å². The first-order valence-electron chi connectivity index (χ1n) is 6.37. The van der Waals surface area contributed by atoms with Crippen LogP contribution >= 0.6 is 0 Å². The summed E-state index contributed by atoms with van der Waals surface area (Å²) in [5.41, 5.74) is 7.00. The average Bonchev–Trinajstić information content (AvgIpc) is 2.44. The van der Waals surface area contributed by atoms with E-state index in [-0.39, 0.29) is 5.78 Å². The van der Waals surface area contributed by atoms with Gasteiger partial charge in [-0.25, -0.2) is 0 Å². The van der Waals surface area contributed by atoms with Gasteiger partial charge in [0.25, 0.3) is 0 Å². The summed E-state index contributed by atoms with van der Waals surface area (Å²) in [6.45, 7) is 2.39. The van der Waals surface area contributed by atoms with Crippen molar-refractivity contribution in [2.45, 2.75) is 6.92 Å². The van der Waals surface area contributed by atoms with Crippen molar-refractivity contribution in [3.63, 3.8) is 0 Å². The minimum Gasteiger partial charge on any atom is -0.490 e. The number of nitrogens with two attached hydrogens (primary N) is 1. The molecular formula is C16H17NO3. The maximum Gasteiger partial charge on any atom is 0.159 e. The van der Waals surface area contributed by atoms with Gasteiger partial charge >= 0.3 is 0 Å². The number of hydrogen-bond donors (Lipinski definition) is 1. The zero-order valence-corrected chi connectivity index (χ0v) is 11.3. The molecule has 4 nitrogen and oxygen atoms in total. The Kier molecular flexibility index (Phi) is 4.60. The second-order valence-electron chi connectivity index (χ2n) is 4.35. The summed E-state index contributed by atoms with van der Waals surface area (Å²) in [5.74, 6) is 1.48. The van der Waals surface area contributed by atoms with E-state index in [9.17, 15) is 4.79 Å². The molecule has 0 amide bonds.